The van der Waals surface area contributed by atoms with E-state index in [9.17, 15) is 0 Å². The Kier molecular flexibility index (Phi) is 4.79. The Morgan fingerprint density at radius 3 is 2.70 bits per heavy atom. The van der Waals surface area contributed by atoms with Gasteiger partial charge in [-0.1, -0.05) is 17.3 Å². The van der Waals surface area contributed by atoms with E-state index in [2.05, 4.69) is 29.5 Å². The van der Waals surface area contributed by atoms with Crippen molar-refractivity contribution in [3.8, 4) is 5.75 Å². The van der Waals surface area contributed by atoms with Crippen LogP contribution in [0.3, 0.4) is 0 Å². The Labute approximate surface area is 120 Å². The molecule has 0 saturated heterocycles. The summed E-state index contributed by atoms with van der Waals surface area (Å²) in [7, 11) is 0. The molecule has 0 fully saturated rings. The molecule has 1 heterocycles. The zero-order valence-electron chi connectivity index (χ0n) is 12.5. The van der Waals surface area contributed by atoms with E-state index in [1.165, 1.54) is 5.56 Å². The van der Waals surface area contributed by atoms with Gasteiger partial charge < -0.3 is 14.6 Å². The second-order valence-electron chi connectivity index (χ2n) is 5.27. The third-order valence-corrected chi connectivity index (χ3v) is 3.00. The minimum absolute atomic E-state index is 0.187. The molecule has 0 aliphatic carbocycles. The Morgan fingerprint density at radius 2 is 2.05 bits per heavy atom. The first-order valence-corrected chi connectivity index (χ1v) is 6.97. The summed E-state index contributed by atoms with van der Waals surface area (Å²) >= 11 is 0. The Morgan fingerprint density at radius 1 is 1.25 bits per heavy atom. The van der Waals surface area contributed by atoms with E-state index in [4.69, 9.17) is 9.26 Å². The number of nitrogens with zero attached hydrogens (tertiary/aromatic N) is 1. The average molecular weight is 274 g/mol. The van der Waals surface area contributed by atoms with Gasteiger partial charge in [0.15, 0.2) is 0 Å². The van der Waals surface area contributed by atoms with Gasteiger partial charge in [-0.15, -0.1) is 0 Å². The molecule has 4 heteroatoms. The first-order valence-electron chi connectivity index (χ1n) is 6.97. The maximum atomic E-state index is 5.72. The summed E-state index contributed by atoms with van der Waals surface area (Å²) in [5.41, 5.74) is 2.12. The third-order valence-electron chi connectivity index (χ3n) is 3.00. The molecular formula is C16H22N2O2. The molecule has 4 nitrogen and oxygen atoms in total. The molecule has 1 aromatic carbocycles. The van der Waals surface area contributed by atoms with Gasteiger partial charge in [0, 0.05) is 18.7 Å². The quantitative estimate of drug-likeness (QED) is 0.874. The van der Waals surface area contributed by atoms with Gasteiger partial charge in [-0.2, -0.15) is 0 Å². The van der Waals surface area contributed by atoms with Crippen LogP contribution in [-0.4, -0.2) is 11.3 Å². The predicted molar refractivity (Wildman–Crippen MR) is 78.7 cm³/mol. The first-order chi connectivity index (χ1) is 9.54. The van der Waals surface area contributed by atoms with Crippen LogP contribution >= 0.6 is 0 Å². The molecule has 2 rings (SSSR count). The van der Waals surface area contributed by atoms with Gasteiger partial charge in [-0.3, -0.25) is 0 Å². The monoisotopic (exact) mass is 274 g/mol. The normalized spacial score (nSPS) is 12.7. The highest BCUT2D eigenvalue weighted by atomic mass is 16.5. The van der Waals surface area contributed by atoms with Crippen molar-refractivity contribution in [2.75, 3.05) is 0 Å². The van der Waals surface area contributed by atoms with Crippen molar-refractivity contribution in [2.24, 2.45) is 0 Å². The minimum atomic E-state index is 0.187. The van der Waals surface area contributed by atoms with Crippen molar-refractivity contribution >= 4 is 0 Å². The molecule has 0 radical (unpaired) electrons. The number of ether oxygens (including phenoxy) is 1. The van der Waals surface area contributed by atoms with Crippen LogP contribution in [0.2, 0.25) is 0 Å². The molecule has 2 aromatic rings. The summed E-state index contributed by atoms with van der Waals surface area (Å²) in [5.74, 6) is 1.74. The van der Waals surface area contributed by atoms with Crippen molar-refractivity contribution in [1.82, 2.24) is 10.5 Å². The first kappa shape index (κ1) is 14.6. The molecule has 1 N–H and O–H groups in total. The highest BCUT2D eigenvalue weighted by Gasteiger charge is 2.08. The molecule has 20 heavy (non-hydrogen) atoms. The molecule has 108 valence electrons. The van der Waals surface area contributed by atoms with Gasteiger partial charge in [0.25, 0.3) is 0 Å². The molecule has 0 aliphatic heterocycles. The molecule has 1 atom stereocenters. The fraction of sp³-hybridized carbons (Fsp3) is 0.438. The lowest BCUT2D eigenvalue weighted by Gasteiger charge is -2.16. The Balaban J connectivity index is 1.96. The van der Waals surface area contributed by atoms with Crippen molar-refractivity contribution in [1.29, 1.82) is 0 Å². The summed E-state index contributed by atoms with van der Waals surface area (Å²) in [6.45, 7) is 8.77. The molecule has 1 unspecified atom stereocenters. The van der Waals surface area contributed by atoms with Crippen LogP contribution < -0.4 is 10.1 Å². The van der Waals surface area contributed by atoms with Crippen LogP contribution in [0.1, 0.15) is 43.8 Å². The van der Waals surface area contributed by atoms with Gasteiger partial charge >= 0.3 is 0 Å². The van der Waals surface area contributed by atoms with E-state index in [-0.39, 0.29) is 12.1 Å². The topological polar surface area (TPSA) is 47.3 Å². The van der Waals surface area contributed by atoms with Crippen LogP contribution in [0.5, 0.6) is 5.75 Å². The zero-order chi connectivity index (χ0) is 14.5. The number of rotatable bonds is 6. The second-order valence-corrected chi connectivity index (χ2v) is 5.27. The number of nitrogens with one attached hydrogen (secondary N) is 1. The van der Waals surface area contributed by atoms with Crippen molar-refractivity contribution in [2.45, 2.75) is 46.4 Å². The van der Waals surface area contributed by atoms with E-state index in [1.54, 1.807) is 0 Å². The molecule has 0 amide bonds. The maximum Gasteiger partial charge on any atom is 0.133 e. The van der Waals surface area contributed by atoms with Gasteiger partial charge in [0.1, 0.15) is 11.5 Å². The number of hydrogen-bond donors (Lipinski definition) is 1. The standard InChI is InChI=1S/C16H22N2O2/c1-11(2)19-16-7-5-6-14(9-16)13(4)17-10-15-8-12(3)20-18-15/h5-9,11,13,17H,10H2,1-4H3. The number of benzene rings is 1. The largest absolute Gasteiger partial charge is 0.491 e. The van der Waals surface area contributed by atoms with Crippen molar-refractivity contribution in [3.63, 3.8) is 0 Å². The van der Waals surface area contributed by atoms with Crippen molar-refractivity contribution < 1.29 is 9.26 Å². The van der Waals surface area contributed by atoms with Gasteiger partial charge in [-0.25, -0.2) is 0 Å². The van der Waals surface area contributed by atoms with Crippen molar-refractivity contribution in [3.05, 3.63) is 47.3 Å². The Hall–Kier alpha value is -1.81. The Bertz CT molecular complexity index is 549. The maximum absolute atomic E-state index is 5.72. The molecule has 0 aliphatic rings. The second kappa shape index (κ2) is 6.57. The number of hydrogen-bond acceptors (Lipinski definition) is 4. The number of aromatic nitrogens is 1. The summed E-state index contributed by atoms with van der Waals surface area (Å²) in [4.78, 5) is 0. The SMILES string of the molecule is Cc1cc(CNC(C)c2cccc(OC(C)C)c2)no1. The lowest BCUT2D eigenvalue weighted by atomic mass is 10.1. The number of aryl methyl sites for hydroxylation is 1. The lowest BCUT2D eigenvalue weighted by Crippen LogP contribution is -2.18. The smallest absolute Gasteiger partial charge is 0.133 e. The van der Waals surface area contributed by atoms with E-state index in [1.807, 2.05) is 39.0 Å². The summed E-state index contributed by atoms with van der Waals surface area (Å²) in [6, 6.07) is 10.3. The summed E-state index contributed by atoms with van der Waals surface area (Å²) < 4.78 is 10.8. The highest BCUT2D eigenvalue weighted by Crippen LogP contribution is 2.20. The summed E-state index contributed by atoms with van der Waals surface area (Å²) in [6.07, 6.45) is 0.187. The molecule has 0 saturated carbocycles. The molecule has 1 aromatic heterocycles. The fourth-order valence-electron chi connectivity index (χ4n) is 2.01. The van der Waals surface area contributed by atoms with E-state index >= 15 is 0 Å². The third kappa shape index (κ3) is 4.10. The average Bonchev–Trinajstić information content (AvgIpc) is 2.81. The molecular weight excluding hydrogens is 252 g/mol. The summed E-state index contributed by atoms with van der Waals surface area (Å²) in [5, 5.41) is 7.41. The van der Waals surface area contributed by atoms with Crippen LogP contribution in [0.25, 0.3) is 0 Å². The predicted octanol–water partition coefficient (Wildman–Crippen LogP) is 3.62. The van der Waals surface area contributed by atoms with Gasteiger partial charge in [0.05, 0.1) is 11.8 Å². The van der Waals surface area contributed by atoms with Crippen LogP contribution in [0.4, 0.5) is 0 Å². The zero-order valence-corrected chi connectivity index (χ0v) is 12.5. The van der Waals surface area contributed by atoms with Crippen LogP contribution in [-0.2, 0) is 6.54 Å². The van der Waals surface area contributed by atoms with E-state index in [0.29, 0.717) is 6.54 Å². The minimum Gasteiger partial charge on any atom is -0.491 e. The highest BCUT2D eigenvalue weighted by molar-refractivity contribution is 5.30. The fourth-order valence-corrected chi connectivity index (χ4v) is 2.01. The van der Waals surface area contributed by atoms with Gasteiger partial charge in [0.2, 0.25) is 0 Å². The van der Waals surface area contributed by atoms with Crippen LogP contribution in [0, 0.1) is 6.92 Å². The van der Waals surface area contributed by atoms with E-state index in [0.717, 1.165) is 17.2 Å². The molecule has 0 spiro atoms. The van der Waals surface area contributed by atoms with Crippen LogP contribution in [0.15, 0.2) is 34.9 Å². The van der Waals surface area contributed by atoms with E-state index < -0.39 is 0 Å². The molecule has 0 bridgehead atoms. The van der Waals surface area contributed by atoms with Gasteiger partial charge in [-0.05, 0) is 45.4 Å². The lowest BCUT2D eigenvalue weighted by molar-refractivity contribution is 0.242.